The van der Waals surface area contributed by atoms with E-state index in [0.29, 0.717) is 12.2 Å². The highest BCUT2D eigenvalue weighted by molar-refractivity contribution is 5.86. The minimum absolute atomic E-state index is 0.284. The molecule has 0 fully saturated rings. The zero-order chi connectivity index (χ0) is 12.3. The second kappa shape index (κ2) is 10.5. The molecule has 15 heavy (non-hydrogen) atoms. The Kier molecular flexibility index (Phi) is 11.1. The van der Waals surface area contributed by atoms with Gasteiger partial charge in [-0.05, 0) is 19.4 Å². The Balaban J connectivity index is 0. The molecule has 0 aromatic heterocycles. The van der Waals surface area contributed by atoms with Gasteiger partial charge in [-0.25, -0.2) is 4.79 Å². The van der Waals surface area contributed by atoms with E-state index in [9.17, 15) is 9.59 Å². The van der Waals surface area contributed by atoms with Crippen molar-refractivity contribution in [3.63, 3.8) is 0 Å². The van der Waals surface area contributed by atoms with Crippen LogP contribution in [0.3, 0.4) is 0 Å². The highest BCUT2D eigenvalue weighted by Crippen LogP contribution is 1.94. The third-order valence-corrected chi connectivity index (χ3v) is 1.28. The van der Waals surface area contributed by atoms with E-state index in [1.807, 2.05) is 0 Å². The first kappa shape index (κ1) is 15.9. The van der Waals surface area contributed by atoms with Crippen molar-refractivity contribution in [2.75, 3.05) is 6.61 Å². The molecule has 0 aliphatic rings. The van der Waals surface area contributed by atoms with Gasteiger partial charge in [0, 0.05) is 5.57 Å². The summed E-state index contributed by atoms with van der Waals surface area (Å²) in [6, 6.07) is 0. The summed E-state index contributed by atoms with van der Waals surface area (Å²) in [7, 11) is 0. The number of esters is 1. The summed E-state index contributed by atoms with van der Waals surface area (Å²) in [4.78, 5) is 20.2. The van der Waals surface area contributed by atoms with Crippen molar-refractivity contribution in [2.24, 2.45) is 5.73 Å². The molecule has 0 heterocycles. The Labute approximate surface area is 90.8 Å². The van der Waals surface area contributed by atoms with Gasteiger partial charge < -0.3 is 10.5 Å². The average molecular weight is 213 g/mol. The number of hydrogen-bond donors (Lipinski definition) is 1. The lowest BCUT2D eigenvalue weighted by Crippen LogP contribution is -2.05. The van der Waals surface area contributed by atoms with E-state index in [4.69, 9.17) is 4.74 Å². The molecule has 0 aliphatic heterocycles. The summed E-state index contributed by atoms with van der Waals surface area (Å²) in [5.74, 6) is -0.765. The van der Waals surface area contributed by atoms with Crippen LogP contribution in [0.5, 0.6) is 0 Å². The first-order valence-corrected chi connectivity index (χ1v) is 4.70. The maximum Gasteiger partial charge on any atom is 0.333 e. The normalized spacial score (nSPS) is 8.13. The highest BCUT2D eigenvalue weighted by atomic mass is 16.5. The Morgan fingerprint density at radius 3 is 2.20 bits per heavy atom. The molecule has 0 atom stereocenters. The van der Waals surface area contributed by atoms with Gasteiger partial charge in [-0.3, -0.25) is 4.79 Å². The van der Waals surface area contributed by atoms with Gasteiger partial charge in [0.15, 0.2) is 0 Å². The third kappa shape index (κ3) is 15.2. The third-order valence-electron chi connectivity index (χ3n) is 1.28. The topological polar surface area (TPSA) is 69.4 Å². The molecule has 2 N–H and O–H groups in total. The van der Waals surface area contributed by atoms with Crippen molar-refractivity contribution >= 4 is 11.9 Å². The minimum atomic E-state index is -0.481. The predicted molar refractivity (Wildman–Crippen MR) is 60.1 cm³/mol. The first-order chi connectivity index (χ1) is 6.95. The number of rotatable bonds is 5. The number of carbonyl (C=O) groups is 2. The number of primary amides is 1. The van der Waals surface area contributed by atoms with Gasteiger partial charge >= 0.3 is 5.97 Å². The van der Waals surface area contributed by atoms with Crippen LogP contribution in [0.2, 0.25) is 0 Å². The number of unbranched alkanes of at least 4 members (excludes halogenated alkanes) is 1. The van der Waals surface area contributed by atoms with Crippen molar-refractivity contribution in [3.05, 3.63) is 24.8 Å². The molecule has 1 amide bonds. The number of hydrogen-bond acceptors (Lipinski definition) is 3. The fraction of sp³-hybridized carbons (Fsp3) is 0.455. The van der Waals surface area contributed by atoms with Gasteiger partial charge in [-0.1, -0.05) is 26.5 Å². The Morgan fingerprint density at radius 1 is 1.47 bits per heavy atom. The van der Waals surface area contributed by atoms with Crippen molar-refractivity contribution in [1.82, 2.24) is 0 Å². The number of carbonyl (C=O) groups excluding carboxylic acids is 2. The van der Waals surface area contributed by atoms with Crippen LogP contribution >= 0.6 is 0 Å². The standard InChI is InChI=1S/C8H14O2.C3H5NO/c1-4-5-6-10-8(9)7(2)3;1-2-3(4)5/h2,4-6H2,1,3H3;2H,1H2,(H2,4,5). The van der Waals surface area contributed by atoms with E-state index >= 15 is 0 Å². The molecule has 0 saturated carbocycles. The molecule has 0 rings (SSSR count). The predicted octanol–water partition coefficient (Wildman–Crippen LogP) is 1.56. The number of nitrogens with two attached hydrogens (primary N) is 1. The van der Waals surface area contributed by atoms with Gasteiger partial charge in [-0.15, -0.1) is 0 Å². The molecule has 4 heteroatoms. The van der Waals surface area contributed by atoms with Crippen LogP contribution in [0.1, 0.15) is 26.7 Å². The molecular formula is C11H19NO3. The van der Waals surface area contributed by atoms with Gasteiger partial charge in [0.2, 0.25) is 5.91 Å². The summed E-state index contributed by atoms with van der Waals surface area (Å²) in [6.07, 6.45) is 3.03. The molecule has 0 aromatic carbocycles. The fourth-order valence-corrected chi connectivity index (χ4v) is 0.432. The van der Waals surface area contributed by atoms with E-state index in [1.54, 1.807) is 6.92 Å². The van der Waals surface area contributed by atoms with Crippen LogP contribution in [0.15, 0.2) is 24.8 Å². The lowest BCUT2D eigenvalue weighted by Gasteiger charge is -2.01. The molecule has 86 valence electrons. The first-order valence-electron chi connectivity index (χ1n) is 4.70. The average Bonchev–Trinajstić information content (AvgIpc) is 2.18. The fourth-order valence-electron chi connectivity index (χ4n) is 0.432. The van der Waals surface area contributed by atoms with Crippen LogP contribution in [0.25, 0.3) is 0 Å². The molecule has 0 aromatic rings. The lowest BCUT2D eigenvalue weighted by molar-refractivity contribution is -0.139. The van der Waals surface area contributed by atoms with Crippen LogP contribution in [0, 0.1) is 0 Å². The van der Waals surface area contributed by atoms with E-state index in [0.717, 1.165) is 18.9 Å². The van der Waals surface area contributed by atoms with Gasteiger partial charge in [-0.2, -0.15) is 0 Å². The molecule has 0 aliphatic carbocycles. The minimum Gasteiger partial charge on any atom is -0.462 e. The highest BCUT2D eigenvalue weighted by Gasteiger charge is 2.00. The Hall–Kier alpha value is -1.58. The SMILES string of the molecule is C=C(C)C(=O)OCCCC.C=CC(N)=O. The summed E-state index contributed by atoms with van der Waals surface area (Å²) >= 11 is 0. The molecule has 0 radical (unpaired) electrons. The quantitative estimate of drug-likeness (QED) is 0.428. The van der Waals surface area contributed by atoms with Gasteiger partial charge in [0.1, 0.15) is 0 Å². The largest absolute Gasteiger partial charge is 0.462 e. The van der Waals surface area contributed by atoms with Crippen molar-refractivity contribution in [1.29, 1.82) is 0 Å². The second-order valence-electron chi connectivity index (χ2n) is 2.88. The van der Waals surface area contributed by atoms with Crippen molar-refractivity contribution < 1.29 is 14.3 Å². The monoisotopic (exact) mass is 213 g/mol. The van der Waals surface area contributed by atoms with Crippen molar-refractivity contribution in [2.45, 2.75) is 26.7 Å². The van der Waals surface area contributed by atoms with E-state index < -0.39 is 5.91 Å². The number of ether oxygens (including phenoxy) is 1. The zero-order valence-corrected chi connectivity index (χ0v) is 9.41. The maximum absolute atomic E-state index is 10.7. The van der Waals surface area contributed by atoms with Crippen molar-refractivity contribution in [3.8, 4) is 0 Å². The lowest BCUT2D eigenvalue weighted by atomic mass is 10.3. The molecule has 0 saturated heterocycles. The second-order valence-corrected chi connectivity index (χ2v) is 2.88. The summed E-state index contributed by atoms with van der Waals surface area (Å²) in [5, 5.41) is 0. The van der Waals surface area contributed by atoms with Gasteiger partial charge in [0.25, 0.3) is 0 Å². The molecule has 4 nitrogen and oxygen atoms in total. The molecule has 0 unspecified atom stereocenters. The van der Waals surface area contributed by atoms with Gasteiger partial charge in [0.05, 0.1) is 6.61 Å². The number of amides is 1. The Bertz CT molecular complexity index is 234. The van der Waals surface area contributed by atoms with Crippen LogP contribution in [0.4, 0.5) is 0 Å². The zero-order valence-electron chi connectivity index (χ0n) is 9.41. The van der Waals surface area contributed by atoms with Crippen LogP contribution < -0.4 is 5.73 Å². The van der Waals surface area contributed by atoms with Crippen LogP contribution in [-0.2, 0) is 14.3 Å². The summed E-state index contributed by atoms with van der Waals surface area (Å²) in [5.41, 5.74) is 5.00. The molecular weight excluding hydrogens is 194 g/mol. The Morgan fingerprint density at radius 2 is 1.93 bits per heavy atom. The molecule has 0 spiro atoms. The van der Waals surface area contributed by atoms with E-state index in [2.05, 4.69) is 25.8 Å². The van der Waals surface area contributed by atoms with E-state index in [1.165, 1.54) is 0 Å². The molecule has 0 bridgehead atoms. The summed E-state index contributed by atoms with van der Waals surface area (Å²) in [6.45, 7) is 10.8. The van der Waals surface area contributed by atoms with Crippen LogP contribution in [-0.4, -0.2) is 18.5 Å². The van der Waals surface area contributed by atoms with E-state index in [-0.39, 0.29) is 5.97 Å². The maximum atomic E-state index is 10.7. The summed E-state index contributed by atoms with van der Waals surface area (Å²) < 4.78 is 4.81. The smallest absolute Gasteiger partial charge is 0.333 e.